The number of anilines is 2. The molecule has 0 saturated carbocycles. The number of nitrogens with one attached hydrogen (secondary N) is 2. The van der Waals surface area contributed by atoms with Crippen LogP contribution in [0.5, 0.6) is 11.5 Å². The smallest absolute Gasteiger partial charge is 0.335 e. The standard InChI is InChI=1S/C28H23FIN3O6/c1-3-38-23-14-17(13-21(30)25(23)39-15-24(34)31-19-10-8-18(29)9-11-19)12-20-26(35)32-28(37)33(27(20)36)22-7-5-4-6-16(22)2/h4-14H,3,15H2,1-2H3,(H,31,34)(H,32,35,37)/b20-12+. The molecule has 0 aliphatic carbocycles. The summed E-state index contributed by atoms with van der Waals surface area (Å²) >= 11 is 1.99. The Balaban J connectivity index is 1.58. The molecule has 1 saturated heterocycles. The maximum absolute atomic E-state index is 13.3. The van der Waals surface area contributed by atoms with Crippen LogP contribution < -0.4 is 25.0 Å². The van der Waals surface area contributed by atoms with Crippen molar-refractivity contribution in [1.82, 2.24) is 5.32 Å². The summed E-state index contributed by atoms with van der Waals surface area (Å²) in [7, 11) is 0. The van der Waals surface area contributed by atoms with Crippen molar-refractivity contribution in [2.45, 2.75) is 13.8 Å². The van der Waals surface area contributed by atoms with Crippen molar-refractivity contribution in [3.63, 3.8) is 0 Å². The van der Waals surface area contributed by atoms with Gasteiger partial charge < -0.3 is 14.8 Å². The van der Waals surface area contributed by atoms with Crippen molar-refractivity contribution < 1.29 is 33.0 Å². The molecule has 4 rings (SSSR count). The van der Waals surface area contributed by atoms with Crippen LogP contribution in [-0.2, 0) is 14.4 Å². The summed E-state index contributed by atoms with van der Waals surface area (Å²) in [5.41, 5.74) is 1.69. The van der Waals surface area contributed by atoms with Gasteiger partial charge in [-0.15, -0.1) is 0 Å². The minimum absolute atomic E-state index is 0.233. The van der Waals surface area contributed by atoms with Crippen molar-refractivity contribution in [3.8, 4) is 11.5 Å². The SMILES string of the molecule is CCOc1cc(/C=C2\C(=O)NC(=O)N(c3ccccc3C)C2=O)cc(I)c1OCC(=O)Nc1ccc(F)cc1. The maximum Gasteiger partial charge on any atom is 0.335 e. The Labute approximate surface area is 237 Å². The molecule has 200 valence electrons. The van der Waals surface area contributed by atoms with Crippen molar-refractivity contribution >= 4 is 63.8 Å². The molecular formula is C28H23FIN3O6. The number of hydrogen-bond donors (Lipinski definition) is 2. The topological polar surface area (TPSA) is 114 Å². The van der Waals surface area contributed by atoms with Crippen molar-refractivity contribution in [3.05, 3.63) is 86.8 Å². The summed E-state index contributed by atoms with van der Waals surface area (Å²) in [5.74, 6) is -1.87. The van der Waals surface area contributed by atoms with Gasteiger partial charge >= 0.3 is 6.03 Å². The highest BCUT2D eigenvalue weighted by Crippen LogP contribution is 2.35. The molecule has 11 heteroatoms. The molecule has 0 spiro atoms. The number of amides is 5. The predicted octanol–water partition coefficient (Wildman–Crippen LogP) is 4.82. The summed E-state index contributed by atoms with van der Waals surface area (Å²) in [6.07, 6.45) is 1.37. The first-order chi connectivity index (χ1) is 18.7. The molecule has 1 heterocycles. The second-order valence-corrected chi connectivity index (χ2v) is 9.51. The zero-order chi connectivity index (χ0) is 28.1. The van der Waals surface area contributed by atoms with Crippen LogP contribution in [0.25, 0.3) is 6.08 Å². The normalized spacial score (nSPS) is 14.3. The van der Waals surface area contributed by atoms with E-state index in [1.807, 2.05) is 22.6 Å². The molecule has 0 radical (unpaired) electrons. The average molecular weight is 643 g/mol. The quantitative estimate of drug-likeness (QED) is 0.207. The van der Waals surface area contributed by atoms with E-state index in [2.05, 4.69) is 10.6 Å². The Hall–Kier alpha value is -4.26. The van der Waals surface area contributed by atoms with Crippen LogP contribution in [0.3, 0.4) is 0 Å². The van der Waals surface area contributed by atoms with Gasteiger partial charge in [-0.3, -0.25) is 19.7 Å². The predicted molar refractivity (Wildman–Crippen MR) is 151 cm³/mol. The van der Waals surface area contributed by atoms with Crippen LogP contribution in [-0.4, -0.2) is 37.0 Å². The van der Waals surface area contributed by atoms with E-state index in [9.17, 15) is 23.6 Å². The van der Waals surface area contributed by atoms with Crippen molar-refractivity contribution in [1.29, 1.82) is 0 Å². The van der Waals surface area contributed by atoms with Crippen LogP contribution >= 0.6 is 22.6 Å². The number of benzene rings is 3. The van der Waals surface area contributed by atoms with Gasteiger partial charge in [-0.05, 0) is 96.1 Å². The van der Waals surface area contributed by atoms with Crippen LogP contribution in [0, 0.1) is 16.3 Å². The first-order valence-electron chi connectivity index (χ1n) is 11.8. The summed E-state index contributed by atoms with van der Waals surface area (Å²) in [4.78, 5) is 51.7. The van der Waals surface area contributed by atoms with Crippen LogP contribution in [0.2, 0.25) is 0 Å². The molecule has 9 nitrogen and oxygen atoms in total. The largest absolute Gasteiger partial charge is 0.490 e. The number of urea groups is 1. The monoisotopic (exact) mass is 643 g/mol. The van der Waals surface area contributed by atoms with Gasteiger partial charge in [-0.1, -0.05) is 18.2 Å². The third-order valence-corrected chi connectivity index (χ3v) is 6.38. The lowest BCUT2D eigenvalue weighted by molar-refractivity contribution is -0.122. The van der Waals surface area contributed by atoms with E-state index in [1.54, 1.807) is 50.2 Å². The third-order valence-electron chi connectivity index (χ3n) is 5.58. The molecule has 39 heavy (non-hydrogen) atoms. The Bertz CT molecular complexity index is 1490. The molecule has 0 unspecified atom stereocenters. The molecule has 3 aromatic carbocycles. The first kappa shape index (κ1) is 27.8. The number of rotatable bonds is 8. The van der Waals surface area contributed by atoms with E-state index in [-0.39, 0.29) is 18.8 Å². The lowest BCUT2D eigenvalue weighted by Gasteiger charge is -2.27. The Morgan fingerprint density at radius 1 is 1.08 bits per heavy atom. The highest BCUT2D eigenvalue weighted by atomic mass is 127. The molecule has 2 N–H and O–H groups in total. The first-order valence-corrected chi connectivity index (χ1v) is 12.9. The van der Waals surface area contributed by atoms with E-state index in [0.29, 0.717) is 37.6 Å². The maximum atomic E-state index is 13.3. The number of ether oxygens (including phenoxy) is 2. The lowest BCUT2D eigenvalue weighted by atomic mass is 10.1. The number of carbonyl (C=O) groups excluding carboxylic acids is 4. The van der Waals surface area contributed by atoms with E-state index < -0.39 is 29.6 Å². The zero-order valence-electron chi connectivity index (χ0n) is 20.9. The molecule has 0 atom stereocenters. The lowest BCUT2D eigenvalue weighted by Crippen LogP contribution is -2.54. The second-order valence-electron chi connectivity index (χ2n) is 8.35. The molecule has 1 aliphatic rings. The average Bonchev–Trinajstić information content (AvgIpc) is 2.88. The number of carbonyl (C=O) groups is 4. The van der Waals surface area contributed by atoms with Crippen LogP contribution in [0.4, 0.5) is 20.6 Å². The van der Waals surface area contributed by atoms with Gasteiger partial charge in [0.25, 0.3) is 17.7 Å². The minimum atomic E-state index is -0.830. The second kappa shape index (κ2) is 12.1. The number of para-hydroxylation sites is 1. The van der Waals surface area contributed by atoms with E-state index in [0.717, 1.165) is 4.90 Å². The van der Waals surface area contributed by atoms with Crippen LogP contribution in [0.15, 0.2) is 66.2 Å². The van der Waals surface area contributed by atoms with Gasteiger partial charge in [0.2, 0.25) is 0 Å². The Morgan fingerprint density at radius 3 is 2.49 bits per heavy atom. The molecule has 5 amide bonds. The Morgan fingerprint density at radius 2 is 1.79 bits per heavy atom. The van der Waals surface area contributed by atoms with E-state index in [1.165, 1.54) is 30.3 Å². The summed E-state index contributed by atoms with van der Waals surface area (Å²) in [6.45, 7) is 3.46. The summed E-state index contributed by atoms with van der Waals surface area (Å²) in [5, 5.41) is 4.83. The molecular weight excluding hydrogens is 620 g/mol. The third kappa shape index (κ3) is 6.42. The molecule has 1 aliphatic heterocycles. The van der Waals surface area contributed by atoms with Gasteiger partial charge in [0, 0.05) is 5.69 Å². The number of barbiturate groups is 1. The molecule has 1 fully saturated rings. The van der Waals surface area contributed by atoms with Gasteiger partial charge in [0.15, 0.2) is 18.1 Å². The highest BCUT2D eigenvalue weighted by molar-refractivity contribution is 14.1. The van der Waals surface area contributed by atoms with E-state index >= 15 is 0 Å². The van der Waals surface area contributed by atoms with Gasteiger partial charge in [0.1, 0.15) is 11.4 Å². The molecule has 0 bridgehead atoms. The minimum Gasteiger partial charge on any atom is -0.490 e. The highest BCUT2D eigenvalue weighted by Gasteiger charge is 2.37. The summed E-state index contributed by atoms with van der Waals surface area (Å²) in [6, 6.07) is 14.6. The van der Waals surface area contributed by atoms with E-state index in [4.69, 9.17) is 9.47 Å². The van der Waals surface area contributed by atoms with Gasteiger partial charge in [-0.25, -0.2) is 14.1 Å². The number of hydrogen-bond acceptors (Lipinski definition) is 6. The molecule has 3 aromatic rings. The Kier molecular flexibility index (Phi) is 8.59. The fourth-order valence-corrected chi connectivity index (χ4v) is 4.58. The van der Waals surface area contributed by atoms with Gasteiger partial charge in [-0.2, -0.15) is 0 Å². The summed E-state index contributed by atoms with van der Waals surface area (Å²) < 4.78 is 25.1. The number of halogens is 2. The fourth-order valence-electron chi connectivity index (χ4n) is 3.80. The van der Waals surface area contributed by atoms with Crippen LogP contribution in [0.1, 0.15) is 18.1 Å². The number of aryl methyl sites for hydroxylation is 1. The van der Waals surface area contributed by atoms with Crippen molar-refractivity contribution in [2.24, 2.45) is 0 Å². The van der Waals surface area contributed by atoms with Crippen molar-refractivity contribution in [2.75, 3.05) is 23.4 Å². The van der Waals surface area contributed by atoms with Gasteiger partial charge in [0.05, 0.1) is 15.9 Å². The molecule has 0 aromatic heterocycles. The number of nitrogens with zero attached hydrogens (tertiary/aromatic N) is 1. The number of imide groups is 2. The zero-order valence-corrected chi connectivity index (χ0v) is 23.1. The fraction of sp³-hybridized carbons (Fsp3) is 0.143.